The van der Waals surface area contributed by atoms with E-state index in [1.54, 1.807) is 27.3 Å². The second kappa shape index (κ2) is 5.71. The summed E-state index contributed by atoms with van der Waals surface area (Å²) in [5, 5.41) is 4.67. The lowest BCUT2D eigenvalue weighted by Gasteiger charge is -2.13. The first-order valence-electron chi connectivity index (χ1n) is 6.04. The van der Waals surface area contributed by atoms with Gasteiger partial charge < -0.3 is 14.8 Å². The molecule has 0 amide bonds. The first kappa shape index (κ1) is 13.4. The highest BCUT2D eigenvalue weighted by atomic mass is 16.5. The Morgan fingerprint density at radius 2 is 1.89 bits per heavy atom. The van der Waals surface area contributed by atoms with Crippen molar-refractivity contribution in [1.29, 1.82) is 0 Å². The molecule has 0 fully saturated rings. The molecule has 0 spiro atoms. The lowest BCUT2D eigenvalue weighted by atomic mass is 10.0. The van der Waals surface area contributed by atoms with Gasteiger partial charge in [0.2, 0.25) is 0 Å². The van der Waals surface area contributed by atoms with E-state index in [0.717, 1.165) is 16.5 Å². The smallest absolute Gasteiger partial charge is 0.180 e. The van der Waals surface area contributed by atoms with Crippen molar-refractivity contribution in [2.45, 2.75) is 0 Å². The van der Waals surface area contributed by atoms with E-state index in [1.165, 1.54) is 0 Å². The molecule has 1 N–H and O–H groups in total. The van der Waals surface area contributed by atoms with Gasteiger partial charge >= 0.3 is 0 Å². The number of hydrogen-bond donors (Lipinski definition) is 1. The fraction of sp³-hybridized carbons (Fsp3) is 0.267. The van der Waals surface area contributed by atoms with Crippen molar-refractivity contribution >= 4 is 16.6 Å². The predicted molar refractivity (Wildman–Crippen MR) is 75.3 cm³/mol. The number of ketones is 1. The molecule has 0 aliphatic heterocycles. The van der Waals surface area contributed by atoms with Crippen molar-refractivity contribution in [3.05, 3.63) is 35.9 Å². The number of fused-ring (bicyclic) bond motifs is 1. The molecule has 100 valence electrons. The van der Waals surface area contributed by atoms with Crippen molar-refractivity contribution in [1.82, 2.24) is 5.32 Å². The summed E-state index contributed by atoms with van der Waals surface area (Å²) >= 11 is 0. The molecule has 4 nitrogen and oxygen atoms in total. The third kappa shape index (κ3) is 2.39. The predicted octanol–water partition coefficient (Wildman–Crippen LogP) is 2.26. The third-order valence-corrected chi connectivity index (χ3v) is 3.03. The number of hydrogen-bond acceptors (Lipinski definition) is 4. The molecule has 0 heterocycles. The van der Waals surface area contributed by atoms with Gasteiger partial charge in [0.1, 0.15) is 11.5 Å². The molecule has 0 aliphatic carbocycles. The number of benzene rings is 2. The van der Waals surface area contributed by atoms with Crippen LogP contribution in [0.15, 0.2) is 30.3 Å². The van der Waals surface area contributed by atoms with E-state index in [1.807, 2.05) is 24.3 Å². The van der Waals surface area contributed by atoms with E-state index in [9.17, 15) is 4.79 Å². The highest BCUT2D eigenvalue weighted by Gasteiger charge is 2.15. The second-order valence-electron chi connectivity index (χ2n) is 4.16. The molecule has 19 heavy (non-hydrogen) atoms. The zero-order valence-corrected chi connectivity index (χ0v) is 11.3. The van der Waals surface area contributed by atoms with Crippen LogP contribution >= 0.6 is 0 Å². The zero-order valence-electron chi connectivity index (χ0n) is 11.3. The van der Waals surface area contributed by atoms with Gasteiger partial charge in [-0.1, -0.05) is 12.1 Å². The highest BCUT2D eigenvalue weighted by molar-refractivity contribution is 6.06. The summed E-state index contributed by atoms with van der Waals surface area (Å²) < 4.78 is 10.7. The summed E-state index contributed by atoms with van der Waals surface area (Å²) in [6, 6.07) is 9.36. The van der Waals surface area contributed by atoms with E-state index in [4.69, 9.17) is 9.47 Å². The minimum Gasteiger partial charge on any atom is -0.496 e. The van der Waals surface area contributed by atoms with E-state index < -0.39 is 0 Å². The first-order valence-corrected chi connectivity index (χ1v) is 6.04. The van der Waals surface area contributed by atoms with Crippen LogP contribution in [0.2, 0.25) is 0 Å². The van der Waals surface area contributed by atoms with Crippen LogP contribution in [0, 0.1) is 0 Å². The van der Waals surface area contributed by atoms with Gasteiger partial charge in [-0.3, -0.25) is 4.79 Å². The number of carbonyl (C=O) groups excluding carboxylic acids is 1. The van der Waals surface area contributed by atoms with E-state index >= 15 is 0 Å². The quantitative estimate of drug-likeness (QED) is 0.837. The minimum absolute atomic E-state index is 0.00377. The molecule has 0 unspecified atom stereocenters. The Kier molecular flexibility index (Phi) is 4.02. The molecule has 0 atom stereocenters. The number of nitrogens with one attached hydrogen (secondary N) is 1. The van der Waals surface area contributed by atoms with Gasteiger partial charge in [0, 0.05) is 10.8 Å². The lowest BCUT2D eigenvalue weighted by Crippen LogP contribution is -2.19. The van der Waals surface area contributed by atoms with Crippen molar-refractivity contribution < 1.29 is 14.3 Å². The van der Waals surface area contributed by atoms with Crippen LogP contribution in [0.25, 0.3) is 10.8 Å². The van der Waals surface area contributed by atoms with E-state index in [-0.39, 0.29) is 12.3 Å². The van der Waals surface area contributed by atoms with Gasteiger partial charge in [-0.2, -0.15) is 0 Å². The molecule has 2 rings (SSSR count). The van der Waals surface area contributed by atoms with Gasteiger partial charge in [0.15, 0.2) is 5.78 Å². The molecule has 0 aliphatic rings. The van der Waals surface area contributed by atoms with Crippen molar-refractivity contribution in [2.24, 2.45) is 0 Å². The maximum Gasteiger partial charge on any atom is 0.180 e. The third-order valence-electron chi connectivity index (χ3n) is 3.03. The fourth-order valence-electron chi connectivity index (χ4n) is 2.17. The first-order chi connectivity index (χ1) is 9.22. The number of methoxy groups -OCH3 is 2. The van der Waals surface area contributed by atoms with Crippen molar-refractivity contribution in [2.75, 3.05) is 27.8 Å². The van der Waals surface area contributed by atoms with Crippen LogP contribution in [0.3, 0.4) is 0 Å². The standard InChI is InChI=1S/C15H17NO3/c1-16-9-13(17)12-8-7-10-11(15(12)19-3)5-4-6-14(10)18-2/h4-8,16H,9H2,1-3H3. The molecular formula is C15H17NO3. The average molecular weight is 259 g/mol. The molecule has 0 saturated heterocycles. The number of ether oxygens (including phenoxy) is 2. The summed E-state index contributed by atoms with van der Waals surface area (Å²) in [5.41, 5.74) is 0.581. The van der Waals surface area contributed by atoms with Crippen LogP contribution < -0.4 is 14.8 Å². The second-order valence-corrected chi connectivity index (χ2v) is 4.16. The molecule has 0 bridgehead atoms. The summed E-state index contributed by atoms with van der Waals surface area (Å²) in [4.78, 5) is 12.0. The van der Waals surface area contributed by atoms with Gasteiger partial charge in [-0.25, -0.2) is 0 Å². The Hall–Kier alpha value is -2.07. The maximum absolute atomic E-state index is 12.0. The zero-order chi connectivity index (χ0) is 13.8. The SMILES string of the molecule is CNCC(=O)c1ccc2c(OC)cccc2c1OC. The Bertz CT molecular complexity index is 608. The number of Topliss-reactive ketones (excluding diaryl/α,β-unsaturated/α-hetero) is 1. The van der Waals surface area contributed by atoms with Gasteiger partial charge in [0.25, 0.3) is 0 Å². The number of carbonyl (C=O) groups is 1. The van der Waals surface area contributed by atoms with E-state index in [2.05, 4.69) is 5.32 Å². The molecule has 0 radical (unpaired) electrons. The van der Waals surface area contributed by atoms with Crippen LogP contribution in [0.5, 0.6) is 11.5 Å². The molecule has 2 aromatic rings. The Labute approximate surface area is 112 Å². The van der Waals surface area contributed by atoms with Crippen LogP contribution in [0.1, 0.15) is 10.4 Å². The van der Waals surface area contributed by atoms with Gasteiger partial charge in [-0.05, 0) is 25.2 Å². The van der Waals surface area contributed by atoms with Crippen LogP contribution in [-0.4, -0.2) is 33.6 Å². The molecule has 4 heteroatoms. The largest absolute Gasteiger partial charge is 0.496 e. The molecule has 2 aromatic carbocycles. The van der Waals surface area contributed by atoms with Gasteiger partial charge in [-0.15, -0.1) is 0 Å². The normalized spacial score (nSPS) is 10.5. The monoisotopic (exact) mass is 259 g/mol. The van der Waals surface area contributed by atoms with Crippen molar-refractivity contribution in [3.8, 4) is 11.5 Å². The highest BCUT2D eigenvalue weighted by Crippen LogP contribution is 2.34. The minimum atomic E-state index is 0.00377. The van der Waals surface area contributed by atoms with Crippen LogP contribution in [-0.2, 0) is 0 Å². The summed E-state index contributed by atoms with van der Waals surface area (Å²) in [6.45, 7) is 0.284. The Balaban J connectivity index is 2.66. The Morgan fingerprint density at radius 1 is 1.11 bits per heavy atom. The summed E-state index contributed by atoms with van der Waals surface area (Å²) in [7, 11) is 4.94. The van der Waals surface area contributed by atoms with Crippen LogP contribution in [0.4, 0.5) is 0 Å². The lowest BCUT2D eigenvalue weighted by molar-refractivity contribution is 0.0991. The van der Waals surface area contributed by atoms with E-state index in [0.29, 0.717) is 11.3 Å². The fourth-order valence-corrected chi connectivity index (χ4v) is 2.17. The molecular weight excluding hydrogens is 242 g/mol. The van der Waals surface area contributed by atoms with Gasteiger partial charge in [0.05, 0.1) is 26.3 Å². The Morgan fingerprint density at radius 3 is 2.53 bits per heavy atom. The number of likely N-dealkylation sites (N-methyl/N-ethyl adjacent to an activating group) is 1. The van der Waals surface area contributed by atoms with Crippen molar-refractivity contribution in [3.63, 3.8) is 0 Å². The average Bonchev–Trinajstić information content (AvgIpc) is 2.45. The molecule has 0 aromatic heterocycles. The number of rotatable bonds is 5. The summed E-state index contributed by atoms with van der Waals surface area (Å²) in [5.74, 6) is 1.36. The summed E-state index contributed by atoms with van der Waals surface area (Å²) in [6.07, 6.45) is 0. The molecule has 0 saturated carbocycles. The maximum atomic E-state index is 12.0. The topological polar surface area (TPSA) is 47.6 Å².